The summed E-state index contributed by atoms with van der Waals surface area (Å²) in [6, 6.07) is 10.7. The Kier molecular flexibility index (Phi) is 5.03. The van der Waals surface area contributed by atoms with Gasteiger partial charge < -0.3 is 5.11 Å². The molecule has 0 heterocycles. The standard InChI is InChI=1S/C21H22O3/c1-14-5-8-16(9-6-14)19(23)10-7-15-11-17(13-22)20(24)18(12-15)21(2,3)4/h5-13,24H,1-4H3/b10-7+. The Morgan fingerprint density at radius 2 is 1.71 bits per heavy atom. The van der Waals surface area contributed by atoms with Gasteiger partial charge >= 0.3 is 0 Å². The first kappa shape index (κ1) is 17.7. The number of aromatic hydroxyl groups is 1. The summed E-state index contributed by atoms with van der Waals surface area (Å²) < 4.78 is 0. The normalized spacial score (nSPS) is 11.7. The maximum absolute atomic E-state index is 12.2. The molecule has 24 heavy (non-hydrogen) atoms. The van der Waals surface area contributed by atoms with E-state index >= 15 is 0 Å². The Morgan fingerprint density at radius 3 is 2.25 bits per heavy atom. The van der Waals surface area contributed by atoms with Crippen LogP contribution in [-0.2, 0) is 5.41 Å². The SMILES string of the molecule is Cc1ccc(C(=O)/C=C/c2cc(C=O)c(O)c(C(C)(C)C)c2)cc1. The molecular weight excluding hydrogens is 300 g/mol. The number of hydrogen-bond donors (Lipinski definition) is 1. The van der Waals surface area contributed by atoms with Crippen LogP contribution in [0.15, 0.2) is 42.5 Å². The molecule has 1 N–H and O–H groups in total. The predicted molar refractivity (Wildman–Crippen MR) is 96.7 cm³/mol. The van der Waals surface area contributed by atoms with Gasteiger partial charge in [0.25, 0.3) is 0 Å². The predicted octanol–water partition coefficient (Wildman–Crippen LogP) is 4.71. The van der Waals surface area contributed by atoms with Crippen LogP contribution in [0.5, 0.6) is 5.75 Å². The number of phenols is 1. The Hall–Kier alpha value is -2.68. The molecule has 124 valence electrons. The van der Waals surface area contributed by atoms with E-state index in [0.717, 1.165) is 5.56 Å². The first-order chi connectivity index (χ1) is 11.2. The number of aldehydes is 1. The molecule has 3 heteroatoms. The van der Waals surface area contributed by atoms with E-state index in [1.807, 2.05) is 39.8 Å². The highest BCUT2D eigenvalue weighted by molar-refractivity contribution is 6.06. The van der Waals surface area contributed by atoms with Gasteiger partial charge in [-0.15, -0.1) is 0 Å². The fraction of sp³-hybridized carbons (Fsp3) is 0.238. The van der Waals surface area contributed by atoms with Crippen molar-refractivity contribution in [1.29, 1.82) is 0 Å². The number of carbonyl (C=O) groups is 2. The van der Waals surface area contributed by atoms with Crippen molar-refractivity contribution in [3.05, 3.63) is 70.3 Å². The van der Waals surface area contributed by atoms with Gasteiger partial charge in [-0.1, -0.05) is 56.7 Å². The zero-order valence-corrected chi connectivity index (χ0v) is 14.5. The van der Waals surface area contributed by atoms with Crippen LogP contribution in [0.1, 0.15) is 58.2 Å². The lowest BCUT2D eigenvalue weighted by atomic mass is 9.84. The molecule has 2 aromatic carbocycles. The van der Waals surface area contributed by atoms with Gasteiger partial charge in [-0.05, 0) is 36.1 Å². The van der Waals surface area contributed by atoms with E-state index in [1.54, 1.807) is 30.3 Å². The van der Waals surface area contributed by atoms with Crippen LogP contribution >= 0.6 is 0 Å². The fourth-order valence-corrected chi connectivity index (χ4v) is 2.42. The molecule has 2 rings (SSSR count). The van der Waals surface area contributed by atoms with Crippen molar-refractivity contribution in [2.75, 3.05) is 0 Å². The first-order valence-corrected chi connectivity index (χ1v) is 7.84. The van der Waals surface area contributed by atoms with Gasteiger partial charge in [-0.3, -0.25) is 9.59 Å². The highest BCUT2D eigenvalue weighted by atomic mass is 16.3. The number of phenolic OH excluding ortho intramolecular Hbond substituents is 1. The van der Waals surface area contributed by atoms with E-state index in [0.29, 0.717) is 23.0 Å². The fourth-order valence-electron chi connectivity index (χ4n) is 2.42. The van der Waals surface area contributed by atoms with Crippen LogP contribution in [0.4, 0.5) is 0 Å². The van der Waals surface area contributed by atoms with Crippen LogP contribution in [-0.4, -0.2) is 17.2 Å². The van der Waals surface area contributed by atoms with E-state index in [-0.39, 0.29) is 22.5 Å². The second-order valence-electron chi connectivity index (χ2n) is 6.94. The summed E-state index contributed by atoms with van der Waals surface area (Å²) in [5, 5.41) is 10.2. The van der Waals surface area contributed by atoms with E-state index in [1.165, 1.54) is 6.08 Å². The zero-order valence-electron chi connectivity index (χ0n) is 14.5. The highest BCUT2D eigenvalue weighted by Gasteiger charge is 2.20. The minimum absolute atomic E-state index is 0.000453. The molecule has 0 spiro atoms. The Morgan fingerprint density at radius 1 is 1.08 bits per heavy atom. The summed E-state index contributed by atoms with van der Waals surface area (Å²) in [7, 11) is 0. The molecular formula is C21H22O3. The summed E-state index contributed by atoms with van der Waals surface area (Å²) in [6.45, 7) is 7.85. The smallest absolute Gasteiger partial charge is 0.185 e. The van der Waals surface area contributed by atoms with Gasteiger partial charge in [-0.2, -0.15) is 0 Å². The summed E-state index contributed by atoms with van der Waals surface area (Å²) in [5.74, 6) is -0.104. The third kappa shape index (κ3) is 3.99. The third-order valence-corrected chi connectivity index (χ3v) is 3.86. The lowest BCUT2D eigenvalue weighted by molar-refractivity contribution is 0.104. The lowest BCUT2D eigenvalue weighted by Gasteiger charge is -2.21. The van der Waals surface area contributed by atoms with E-state index in [2.05, 4.69) is 0 Å². The van der Waals surface area contributed by atoms with Gasteiger partial charge in [0.15, 0.2) is 12.1 Å². The minimum atomic E-state index is -0.313. The number of hydrogen-bond acceptors (Lipinski definition) is 3. The van der Waals surface area contributed by atoms with E-state index in [9.17, 15) is 14.7 Å². The molecule has 0 aliphatic heterocycles. The summed E-state index contributed by atoms with van der Waals surface area (Å²) in [6.07, 6.45) is 3.78. The average Bonchev–Trinajstić information content (AvgIpc) is 2.53. The maximum Gasteiger partial charge on any atom is 0.185 e. The molecule has 0 aliphatic carbocycles. The van der Waals surface area contributed by atoms with Crippen molar-refractivity contribution >= 4 is 18.1 Å². The summed E-state index contributed by atoms with van der Waals surface area (Å²) in [5.41, 5.74) is 3.01. The van der Waals surface area contributed by atoms with Crippen LogP contribution in [0, 0.1) is 6.92 Å². The molecule has 0 unspecified atom stereocenters. The second-order valence-corrected chi connectivity index (χ2v) is 6.94. The highest BCUT2D eigenvalue weighted by Crippen LogP contribution is 2.34. The van der Waals surface area contributed by atoms with Crippen molar-refractivity contribution < 1.29 is 14.7 Å². The van der Waals surface area contributed by atoms with Crippen molar-refractivity contribution in [3.63, 3.8) is 0 Å². The number of benzene rings is 2. The molecule has 0 fully saturated rings. The van der Waals surface area contributed by atoms with Crippen molar-refractivity contribution in [3.8, 4) is 5.75 Å². The molecule has 3 nitrogen and oxygen atoms in total. The molecule has 0 saturated carbocycles. The summed E-state index contributed by atoms with van der Waals surface area (Å²) in [4.78, 5) is 23.4. The minimum Gasteiger partial charge on any atom is -0.507 e. The number of rotatable bonds is 4. The van der Waals surface area contributed by atoms with Crippen molar-refractivity contribution in [2.24, 2.45) is 0 Å². The maximum atomic E-state index is 12.2. The van der Waals surface area contributed by atoms with Crippen molar-refractivity contribution in [1.82, 2.24) is 0 Å². The number of carbonyl (C=O) groups excluding carboxylic acids is 2. The van der Waals surface area contributed by atoms with Crippen LogP contribution in [0.25, 0.3) is 6.08 Å². The summed E-state index contributed by atoms with van der Waals surface area (Å²) >= 11 is 0. The van der Waals surface area contributed by atoms with Gasteiger partial charge in [0.2, 0.25) is 0 Å². The molecule has 0 saturated heterocycles. The Labute approximate surface area is 142 Å². The Bertz CT molecular complexity index is 791. The van der Waals surface area contributed by atoms with Gasteiger partial charge in [0, 0.05) is 11.1 Å². The van der Waals surface area contributed by atoms with Crippen LogP contribution in [0.2, 0.25) is 0 Å². The van der Waals surface area contributed by atoms with Crippen molar-refractivity contribution in [2.45, 2.75) is 33.1 Å². The molecule has 0 radical (unpaired) electrons. The topological polar surface area (TPSA) is 54.4 Å². The largest absolute Gasteiger partial charge is 0.507 e. The molecule has 2 aromatic rings. The monoisotopic (exact) mass is 322 g/mol. The number of aryl methyl sites for hydroxylation is 1. The van der Waals surface area contributed by atoms with Gasteiger partial charge in [0.05, 0.1) is 5.56 Å². The molecule has 0 atom stereocenters. The lowest BCUT2D eigenvalue weighted by Crippen LogP contribution is -2.12. The van der Waals surface area contributed by atoms with Gasteiger partial charge in [-0.25, -0.2) is 0 Å². The molecule has 0 bridgehead atoms. The number of ketones is 1. The van der Waals surface area contributed by atoms with E-state index in [4.69, 9.17) is 0 Å². The average molecular weight is 322 g/mol. The first-order valence-electron chi connectivity index (χ1n) is 7.84. The second kappa shape index (κ2) is 6.83. The zero-order chi connectivity index (χ0) is 17.9. The van der Waals surface area contributed by atoms with Gasteiger partial charge in [0.1, 0.15) is 5.75 Å². The van der Waals surface area contributed by atoms with Crippen LogP contribution in [0.3, 0.4) is 0 Å². The number of allylic oxidation sites excluding steroid dienone is 1. The van der Waals surface area contributed by atoms with E-state index < -0.39 is 0 Å². The third-order valence-electron chi connectivity index (χ3n) is 3.86. The van der Waals surface area contributed by atoms with Crippen LogP contribution < -0.4 is 0 Å². The molecule has 0 amide bonds. The Balaban J connectivity index is 2.37. The molecule has 0 aliphatic rings. The molecule has 0 aromatic heterocycles. The quantitative estimate of drug-likeness (QED) is 0.504.